The maximum Gasteiger partial charge on any atom is 0.270 e. The molecule has 19 heavy (non-hydrogen) atoms. The van der Waals surface area contributed by atoms with E-state index in [9.17, 15) is 4.79 Å². The molecule has 1 N–H and O–H groups in total. The Morgan fingerprint density at radius 1 is 1.16 bits per heavy atom. The van der Waals surface area contributed by atoms with Crippen LogP contribution in [0.2, 0.25) is 0 Å². The number of carbonyl (C=O) groups is 1. The van der Waals surface area contributed by atoms with Crippen LogP contribution < -0.4 is 5.32 Å². The fourth-order valence-electron chi connectivity index (χ4n) is 1.93. The van der Waals surface area contributed by atoms with Crippen molar-refractivity contribution in [3.8, 4) is 0 Å². The molecule has 2 aromatic carbocycles. The van der Waals surface area contributed by atoms with Crippen LogP contribution >= 0.6 is 0 Å². The van der Waals surface area contributed by atoms with Crippen LogP contribution in [0, 0.1) is 0 Å². The first-order valence-corrected chi connectivity index (χ1v) is 5.77. The molecular weight excluding hydrogens is 242 g/mol. The van der Waals surface area contributed by atoms with Gasteiger partial charge in [-0.05, 0) is 22.1 Å². The van der Waals surface area contributed by atoms with Gasteiger partial charge in [0.2, 0.25) is 0 Å². The van der Waals surface area contributed by atoms with E-state index in [1.807, 2.05) is 36.4 Å². The molecule has 3 rings (SSSR count). The summed E-state index contributed by atoms with van der Waals surface area (Å²) < 4.78 is 0. The third-order valence-electron chi connectivity index (χ3n) is 2.77. The highest BCUT2D eigenvalue weighted by atomic mass is 16.1. The van der Waals surface area contributed by atoms with Gasteiger partial charge in [-0.1, -0.05) is 41.5 Å². The minimum Gasteiger partial charge on any atom is -0.288 e. The van der Waals surface area contributed by atoms with Crippen LogP contribution in [0.25, 0.3) is 10.8 Å². The van der Waals surface area contributed by atoms with E-state index in [-0.39, 0.29) is 11.9 Å². The molecule has 0 radical (unpaired) electrons. The quantitative estimate of drug-likeness (QED) is 0.753. The average Bonchev–Trinajstić information content (AvgIpc) is 2.83. The van der Waals surface area contributed by atoms with E-state index in [0.717, 1.165) is 10.8 Å². The highest BCUT2D eigenvalue weighted by molar-refractivity contribution is 6.12. The number of aryl methyl sites for hydroxylation is 1. The summed E-state index contributed by atoms with van der Waals surface area (Å²) in [5.74, 6) is -0.0507. The van der Waals surface area contributed by atoms with Crippen LogP contribution in [0.4, 0.5) is 5.95 Å². The molecule has 0 aliphatic rings. The lowest BCUT2D eigenvalue weighted by molar-refractivity contribution is 0.102. The molecular formula is C13H11N5O. The normalized spacial score (nSPS) is 10.6. The highest BCUT2D eigenvalue weighted by Crippen LogP contribution is 2.19. The molecule has 1 amide bonds. The molecule has 6 heteroatoms. The predicted octanol–water partition coefficient (Wildman–Crippen LogP) is 1.62. The third-order valence-corrected chi connectivity index (χ3v) is 2.77. The van der Waals surface area contributed by atoms with E-state index >= 15 is 0 Å². The number of benzene rings is 2. The predicted molar refractivity (Wildman–Crippen MR) is 70.7 cm³/mol. The number of amides is 1. The van der Waals surface area contributed by atoms with Crippen molar-refractivity contribution in [2.45, 2.75) is 0 Å². The van der Waals surface area contributed by atoms with Gasteiger partial charge in [-0.2, -0.15) is 4.80 Å². The minimum absolute atomic E-state index is 0.195. The number of carbonyl (C=O) groups excluding carboxylic acids is 1. The van der Waals surface area contributed by atoms with Crippen molar-refractivity contribution in [1.29, 1.82) is 0 Å². The van der Waals surface area contributed by atoms with E-state index in [4.69, 9.17) is 0 Å². The van der Waals surface area contributed by atoms with Gasteiger partial charge in [0.25, 0.3) is 11.9 Å². The van der Waals surface area contributed by atoms with Crippen molar-refractivity contribution < 1.29 is 4.79 Å². The van der Waals surface area contributed by atoms with Gasteiger partial charge < -0.3 is 0 Å². The third kappa shape index (κ3) is 2.15. The maximum atomic E-state index is 12.2. The van der Waals surface area contributed by atoms with Gasteiger partial charge in [0.1, 0.15) is 0 Å². The van der Waals surface area contributed by atoms with Crippen LogP contribution in [0.15, 0.2) is 42.5 Å². The summed E-state index contributed by atoms with van der Waals surface area (Å²) in [5.41, 5.74) is 0.588. The fourth-order valence-corrected chi connectivity index (χ4v) is 1.93. The molecule has 0 saturated heterocycles. The highest BCUT2D eigenvalue weighted by Gasteiger charge is 2.11. The summed E-state index contributed by atoms with van der Waals surface area (Å²) >= 11 is 0. The lowest BCUT2D eigenvalue weighted by atomic mass is 10.0. The Morgan fingerprint density at radius 3 is 2.74 bits per heavy atom. The number of aromatic nitrogens is 4. The van der Waals surface area contributed by atoms with E-state index in [2.05, 4.69) is 20.7 Å². The number of tetrazole rings is 1. The number of nitrogens with one attached hydrogen (secondary N) is 1. The second-order valence-electron chi connectivity index (χ2n) is 4.08. The second kappa shape index (κ2) is 4.49. The fraction of sp³-hybridized carbons (Fsp3) is 0.0769. The molecule has 0 unspecified atom stereocenters. The van der Waals surface area contributed by atoms with Gasteiger partial charge >= 0.3 is 0 Å². The molecule has 0 aliphatic heterocycles. The number of fused-ring (bicyclic) bond motifs is 1. The lowest BCUT2D eigenvalue weighted by Crippen LogP contribution is -2.13. The second-order valence-corrected chi connectivity index (χ2v) is 4.08. The smallest absolute Gasteiger partial charge is 0.270 e. The minimum atomic E-state index is -0.246. The molecule has 1 aromatic heterocycles. The summed E-state index contributed by atoms with van der Waals surface area (Å²) in [6, 6.07) is 13.3. The summed E-state index contributed by atoms with van der Waals surface area (Å²) in [6.07, 6.45) is 0. The van der Waals surface area contributed by atoms with Gasteiger partial charge in [-0.25, -0.2) is 0 Å². The molecule has 0 saturated carbocycles. The van der Waals surface area contributed by atoms with Crippen molar-refractivity contribution in [2.24, 2.45) is 7.05 Å². The molecule has 0 spiro atoms. The zero-order valence-electron chi connectivity index (χ0n) is 10.2. The lowest BCUT2D eigenvalue weighted by Gasteiger charge is -2.05. The van der Waals surface area contributed by atoms with Crippen molar-refractivity contribution in [3.63, 3.8) is 0 Å². The number of hydrogen-bond acceptors (Lipinski definition) is 4. The van der Waals surface area contributed by atoms with Gasteiger partial charge in [0.15, 0.2) is 0 Å². The van der Waals surface area contributed by atoms with Crippen LogP contribution in [-0.2, 0) is 7.05 Å². The van der Waals surface area contributed by atoms with Crippen LogP contribution in [0.1, 0.15) is 10.4 Å². The number of hydrogen-bond donors (Lipinski definition) is 1. The summed E-state index contributed by atoms with van der Waals surface area (Å²) in [4.78, 5) is 13.5. The van der Waals surface area contributed by atoms with Gasteiger partial charge in [0, 0.05) is 5.56 Å². The standard InChI is InChI=1S/C13H11N5O/c1-18-16-13(15-17-18)14-12(19)11-8-4-6-9-5-2-3-7-10(9)11/h2-8H,1H3,(H,14,16,19). The SMILES string of the molecule is Cn1nnc(NC(=O)c2cccc3ccccc23)n1. The Hall–Kier alpha value is -2.76. The number of nitrogens with zero attached hydrogens (tertiary/aromatic N) is 4. The van der Waals surface area contributed by atoms with E-state index in [0.29, 0.717) is 5.56 Å². The van der Waals surface area contributed by atoms with Crippen LogP contribution in [0.3, 0.4) is 0 Å². The molecule has 0 aliphatic carbocycles. The molecule has 0 bridgehead atoms. The largest absolute Gasteiger partial charge is 0.288 e. The Labute approximate surface area is 109 Å². The molecule has 3 aromatic rings. The number of anilines is 1. The van der Waals surface area contributed by atoms with E-state index in [1.54, 1.807) is 13.1 Å². The van der Waals surface area contributed by atoms with E-state index < -0.39 is 0 Å². The topological polar surface area (TPSA) is 72.7 Å². The monoisotopic (exact) mass is 253 g/mol. The van der Waals surface area contributed by atoms with Crippen molar-refractivity contribution in [2.75, 3.05) is 5.32 Å². The first-order valence-electron chi connectivity index (χ1n) is 5.77. The maximum absolute atomic E-state index is 12.2. The number of rotatable bonds is 2. The summed E-state index contributed by atoms with van der Waals surface area (Å²) in [6.45, 7) is 0. The Bertz CT molecular complexity index is 744. The molecule has 0 fully saturated rings. The Morgan fingerprint density at radius 2 is 1.95 bits per heavy atom. The molecule has 6 nitrogen and oxygen atoms in total. The molecule has 94 valence electrons. The first-order chi connectivity index (χ1) is 9.24. The first kappa shape index (κ1) is 11.3. The summed E-state index contributed by atoms with van der Waals surface area (Å²) in [5, 5.41) is 15.9. The average molecular weight is 253 g/mol. The molecule has 0 atom stereocenters. The Balaban J connectivity index is 1.97. The molecule has 1 heterocycles. The van der Waals surface area contributed by atoms with Crippen molar-refractivity contribution in [1.82, 2.24) is 20.2 Å². The zero-order chi connectivity index (χ0) is 13.2. The van der Waals surface area contributed by atoms with Crippen LogP contribution in [-0.4, -0.2) is 26.1 Å². The van der Waals surface area contributed by atoms with E-state index in [1.165, 1.54) is 4.80 Å². The van der Waals surface area contributed by atoms with Gasteiger partial charge in [-0.3, -0.25) is 10.1 Å². The van der Waals surface area contributed by atoms with Crippen molar-refractivity contribution >= 4 is 22.6 Å². The van der Waals surface area contributed by atoms with Crippen molar-refractivity contribution in [3.05, 3.63) is 48.0 Å². The van der Waals surface area contributed by atoms with Gasteiger partial charge in [0.05, 0.1) is 7.05 Å². The zero-order valence-corrected chi connectivity index (χ0v) is 10.2. The van der Waals surface area contributed by atoms with Gasteiger partial charge in [-0.15, -0.1) is 5.10 Å². The Kier molecular flexibility index (Phi) is 2.68. The van der Waals surface area contributed by atoms with Crippen LogP contribution in [0.5, 0.6) is 0 Å². The summed E-state index contributed by atoms with van der Waals surface area (Å²) in [7, 11) is 1.64.